The Morgan fingerprint density at radius 1 is 1.00 bits per heavy atom. The van der Waals surface area contributed by atoms with Gasteiger partial charge in [0.25, 0.3) is 0 Å². The molecule has 0 bridgehead atoms. The number of likely N-dealkylation sites (tertiary alicyclic amines) is 1. The number of amides is 1. The molecule has 0 spiro atoms. The molecule has 3 aromatic rings. The van der Waals surface area contributed by atoms with E-state index in [4.69, 9.17) is 14.2 Å². The number of carbonyl (C=O) groups excluding carboxylic acids is 1. The molecule has 0 saturated carbocycles. The normalized spacial score (nSPS) is 19.6. The van der Waals surface area contributed by atoms with Gasteiger partial charge in [-0.25, -0.2) is 0 Å². The molecule has 2 aliphatic rings. The Bertz CT molecular complexity index is 1430. The number of carboxylic acids is 1. The zero-order chi connectivity index (χ0) is 29.8. The molecule has 222 valence electrons. The highest BCUT2D eigenvalue weighted by molar-refractivity contribution is 5.94. The summed E-state index contributed by atoms with van der Waals surface area (Å²) in [5, 5.41) is 13.8. The lowest BCUT2D eigenvalue weighted by Crippen LogP contribution is -2.35. The van der Waals surface area contributed by atoms with E-state index in [2.05, 4.69) is 26.1 Å². The van der Waals surface area contributed by atoms with E-state index >= 15 is 0 Å². The van der Waals surface area contributed by atoms with Crippen molar-refractivity contribution in [1.29, 1.82) is 0 Å². The number of carbonyl (C=O) groups is 2. The van der Waals surface area contributed by atoms with Crippen molar-refractivity contribution in [1.82, 2.24) is 4.90 Å². The highest BCUT2D eigenvalue weighted by atomic mass is 16.7. The molecule has 8 heteroatoms. The van der Waals surface area contributed by atoms with Crippen LogP contribution in [0.1, 0.15) is 67.0 Å². The van der Waals surface area contributed by atoms with Crippen molar-refractivity contribution in [2.45, 2.75) is 58.9 Å². The number of nitrogens with zero attached hydrogens (tertiary/aromatic N) is 1. The molecule has 8 nitrogen and oxygen atoms in total. The average molecular weight is 573 g/mol. The molecule has 0 unspecified atom stereocenters. The first-order valence-electron chi connectivity index (χ1n) is 14.8. The van der Waals surface area contributed by atoms with Crippen LogP contribution in [0, 0.1) is 12.8 Å². The van der Waals surface area contributed by atoms with Crippen molar-refractivity contribution < 1.29 is 28.9 Å². The number of nitrogens with one attached hydrogen (secondary N) is 1. The van der Waals surface area contributed by atoms with Gasteiger partial charge >= 0.3 is 5.97 Å². The fourth-order valence-corrected chi connectivity index (χ4v) is 6.30. The van der Waals surface area contributed by atoms with Crippen LogP contribution in [0.4, 0.5) is 5.69 Å². The Morgan fingerprint density at radius 2 is 1.74 bits per heavy atom. The minimum Gasteiger partial charge on any atom is -0.494 e. The van der Waals surface area contributed by atoms with Crippen molar-refractivity contribution >= 4 is 17.6 Å². The predicted molar refractivity (Wildman–Crippen MR) is 162 cm³/mol. The van der Waals surface area contributed by atoms with Crippen LogP contribution in [0.3, 0.4) is 0 Å². The highest BCUT2D eigenvalue weighted by Crippen LogP contribution is 2.48. The molecule has 2 heterocycles. The molecular formula is C34H40N2O6. The Kier molecular flexibility index (Phi) is 9.02. The van der Waals surface area contributed by atoms with E-state index in [1.54, 1.807) is 0 Å². The van der Waals surface area contributed by atoms with E-state index in [-0.39, 0.29) is 25.2 Å². The third-order valence-electron chi connectivity index (χ3n) is 8.35. The number of anilines is 1. The maximum Gasteiger partial charge on any atom is 0.309 e. The summed E-state index contributed by atoms with van der Waals surface area (Å²) in [4.78, 5) is 28.7. The number of para-hydroxylation sites is 1. The summed E-state index contributed by atoms with van der Waals surface area (Å²) in [6.45, 7) is 9.39. The summed E-state index contributed by atoms with van der Waals surface area (Å²) in [5.41, 5.74) is 5.69. The second kappa shape index (κ2) is 12.9. The number of hydrogen-bond donors (Lipinski definition) is 2. The quantitative estimate of drug-likeness (QED) is 0.286. The zero-order valence-corrected chi connectivity index (χ0v) is 24.8. The van der Waals surface area contributed by atoms with E-state index in [1.807, 2.05) is 66.4 Å². The van der Waals surface area contributed by atoms with Gasteiger partial charge in [0, 0.05) is 24.2 Å². The lowest BCUT2D eigenvalue weighted by molar-refractivity contribution is -0.143. The fraction of sp³-hybridized carbons (Fsp3) is 0.412. The molecule has 5 rings (SSSR count). The summed E-state index contributed by atoms with van der Waals surface area (Å²) in [6, 6.07) is 17.0. The zero-order valence-electron chi connectivity index (χ0n) is 24.8. The third-order valence-corrected chi connectivity index (χ3v) is 8.35. The van der Waals surface area contributed by atoms with E-state index < -0.39 is 17.9 Å². The van der Waals surface area contributed by atoms with Crippen LogP contribution >= 0.6 is 0 Å². The lowest BCUT2D eigenvalue weighted by atomic mass is 9.81. The second-order valence-electron chi connectivity index (χ2n) is 11.0. The lowest BCUT2D eigenvalue weighted by Gasteiger charge is -2.28. The third kappa shape index (κ3) is 5.95. The maximum absolute atomic E-state index is 13.7. The van der Waals surface area contributed by atoms with Crippen molar-refractivity contribution in [2.24, 2.45) is 5.92 Å². The summed E-state index contributed by atoms with van der Waals surface area (Å²) in [7, 11) is 0. The first kappa shape index (κ1) is 29.5. The van der Waals surface area contributed by atoms with Crippen LogP contribution in [0.2, 0.25) is 0 Å². The van der Waals surface area contributed by atoms with E-state index in [0.717, 1.165) is 58.5 Å². The van der Waals surface area contributed by atoms with E-state index in [0.29, 0.717) is 24.7 Å². The molecule has 2 aliphatic heterocycles. The molecule has 0 aliphatic carbocycles. The number of aryl methyl sites for hydroxylation is 3. The van der Waals surface area contributed by atoms with E-state index in [9.17, 15) is 14.7 Å². The number of benzene rings is 3. The Morgan fingerprint density at radius 3 is 2.40 bits per heavy atom. The molecule has 0 radical (unpaired) electrons. The van der Waals surface area contributed by atoms with Crippen LogP contribution in [-0.4, -0.2) is 48.4 Å². The van der Waals surface area contributed by atoms with Crippen molar-refractivity contribution in [3.63, 3.8) is 0 Å². The van der Waals surface area contributed by atoms with E-state index in [1.165, 1.54) is 0 Å². The number of fused-ring (bicyclic) bond motifs is 1. The summed E-state index contributed by atoms with van der Waals surface area (Å²) in [5.74, 6) is -0.194. The molecule has 1 fully saturated rings. The van der Waals surface area contributed by atoms with Crippen LogP contribution in [0.5, 0.6) is 17.2 Å². The van der Waals surface area contributed by atoms with Crippen molar-refractivity contribution in [2.75, 3.05) is 31.8 Å². The summed E-state index contributed by atoms with van der Waals surface area (Å²) in [6.07, 6.45) is 2.49. The van der Waals surface area contributed by atoms with Gasteiger partial charge in [0.05, 0.1) is 19.1 Å². The molecule has 2 N–H and O–H groups in total. The van der Waals surface area contributed by atoms with Gasteiger partial charge in [-0.1, -0.05) is 51.1 Å². The van der Waals surface area contributed by atoms with Gasteiger partial charge < -0.3 is 24.6 Å². The summed E-state index contributed by atoms with van der Waals surface area (Å²) >= 11 is 0. The monoisotopic (exact) mass is 572 g/mol. The maximum atomic E-state index is 13.7. The van der Waals surface area contributed by atoms with Crippen LogP contribution in [-0.2, 0) is 22.4 Å². The molecule has 42 heavy (non-hydrogen) atoms. The number of hydrogen-bond acceptors (Lipinski definition) is 6. The van der Waals surface area contributed by atoms with Crippen LogP contribution in [0.25, 0.3) is 0 Å². The molecule has 1 amide bonds. The molecule has 3 atom stereocenters. The first-order chi connectivity index (χ1) is 20.3. The van der Waals surface area contributed by atoms with Gasteiger partial charge in [-0.15, -0.1) is 0 Å². The Hall–Kier alpha value is -4.04. The minimum atomic E-state index is -0.902. The van der Waals surface area contributed by atoms with Gasteiger partial charge in [-0.05, 0) is 78.3 Å². The van der Waals surface area contributed by atoms with Gasteiger partial charge in [-0.3, -0.25) is 14.5 Å². The van der Waals surface area contributed by atoms with Crippen molar-refractivity contribution in [3.8, 4) is 17.2 Å². The largest absolute Gasteiger partial charge is 0.494 e. The molecular weight excluding hydrogens is 532 g/mol. The number of aliphatic carboxylic acids is 1. The molecule has 0 aromatic heterocycles. The smallest absolute Gasteiger partial charge is 0.309 e. The van der Waals surface area contributed by atoms with Crippen LogP contribution < -0.4 is 19.5 Å². The minimum absolute atomic E-state index is 0.0597. The van der Waals surface area contributed by atoms with Crippen molar-refractivity contribution in [3.05, 3.63) is 82.4 Å². The second-order valence-corrected chi connectivity index (χ2v) is 11.0. The van der Waals surface area contributed by atoms with Crippen LogP contribution in [0.15, 0.2) is 54.6 Å². The average Bonchev–Trinajstić information content (AvgIpc) is 3.60. The number of ether oxygens (including phenoxy) is 3. The highest BCUT2D eigenvalue weighted by Gasteiger charge is 2.48. The van der Waals surface area contributed by atoms with Gasteiger partial charge in [0.2, 0.25) is 12.7 Å². The van der Waals surface area contributed by atoms with Gasteiger partial charge in [0.15, 0.2) is 11.5 Å². The first-order valence-corrected chi connectivity index (χ1v) is 14.8. The standard InChI is InChI=1S/C34H40N2O6/c1-5-15-40-25-12-13-26(21(4)16-25)33-31(34(38)39)27(24-11-14-28-29(17-24)42-20-41-28)18-36(33)19-30(37)35-32-22(6-2)9-8-10-23(32)7-3/h8-14,16-17,27,31,33H,5-7,15,18-20H2,1-4H3,(H,35,37)(H,38,39)/t27-,31+,33-/m1/s1. The Labute approximate surface area is 247 Å². The SMILES string of the molecule is CCCOc1ccc([C@@H]2[C@@H](C(=O)O)[C@@H](c3ccc4c(c3)OCO4)CN2CC(=O)Nc2c(CC)cccc2CC)c(C)c1. The Balaban J connectivity index is 1.51. The fourth-order valence-electron chi connectivity index (χ4n) is 6.30. The topological polar surface area (TPSA) is 97.3 Å². The number of rotatable bonds is 11. The number of carboxylic acid groups (broad SMARTS) is 1. The molecule has 1 saturated heterocycles. The predicted octanol–water partition coefficient (Wildman–Crippen LogP) is 6.12. The summed E-state index contributed by atoms with van der Waals surface area (Å²) < 4.78 is 16.9. The van der Waals surface area contributed by atoms with Gasteiger partial charge in [0.1, 0.15) is 5.75 Å². The van der Waals surface area contributed by atoms with Gasteiger partial charge in [-0.2, -0.15) is 0 Å². The molecule has 3 aromatic carbocycles.